The second-order valence-corrected chi connectivity index (χ2v) is 7.37. The number of carbonyl (C=O) groups is 2. The van der Waals surface area contributed by atoms with Crippen LogP contribution in [0.4, 0.5) is 0 Å². The molecular formula is C24H28O4. The zero-order chi connectivity index (χ0) is 20.1. The average molecular weight is 380 g/mol. The van der Waals surface area contributed by atoms with Crippen LogP contribution in [0.2, 0.25) is 0 Å². The molecule has 0 saturated heterocycles. The van der Waals surface area contributed by atoms with Crippen molar-refractivity contribution in [1.29, 1.82) is 0 Å². The van der Waals surface area contributed by atoms with Gasteiger partial charge in [-0.05, 0) is 37.0 Å². The summed E-state index contributed by atoms with van der Waals surface area (Å²) < 4.78 is 6.08. The summed E-state index contributed by atoms with van der Waals surface area (Å²) in [7, 11) is 0. The van der Waals surface area contributed by atoms with Gasteiger partial charge in [-0.3, -0.25) is 9.59 Å². The maximum absolute atomic E-state index is 12.8. The van der Waals surface area contributed by atoms with E-state index in [1.54, 1.807) is 6.07 Å². The Labute approximate surface area is 166 Å². The van der Waals surface area contributed by atoms with E-state index in [9.17, 15) is 9.59 Å². The van der Waals surface area contributed by atoms with Crippen LogP contribution in [0, 0.1) is 0 Å². The topological polar surface area (TPSA) is 63.6 Å². The number of benzene rings is 2. The van der Waals surface area contributed by atoms with Gasteiger partial charge in [-0.15, -0.1) is 0 Å². The van der Waals surface area contributed by atoms with Crippen LogP contribution in [0.5, 0.6) is 5.75 Å². The van der Waals surface area contributed by atoms with Crippen LogP contribution in [0.25, 0.3) is 0 Å². The lowest BCUT2D eigenvalue weighted by Crippen LogP contribution is -2.28. The van der Waals surface area contributed by atoms with Gasteiger partial charge in [0.25, 0.3) is 0 Å². The first-order valence-electron chi connectivity index (χ1n) is 10.1. The summed E-state index contributed by atoms with van der Waals surface area (Å²) in [6, 6.07) is 13.8. The van der Waals surface area contributed by atoms with Gasteiger partial charge in [0.15, 0.2) is 11.6 Å². The van der Waals surface area contributed by atoms with E-state index < -0.39 is 0 Å². The first kappa shape index (κ1) is 20.3. The standard InChI is InChI=1S/C24H28O4/c1-3-21(26)19-14-17(22(27)12-8-9-13-25)15-20-23(19)28-16-24(20,4-2)18-10-6-5-7-11-18/h5-7,10-11,14-15,25H,3-4,8-9,12-13,16H2,1-2H3. The molecule has 1 aliphatic rings. The molecule has 0 bridgehead atoms. The molecule has 3 rings (SSSR count). The normalized spacial score (nSPS) is 17.8. The third kappa shape index (κ3) is 3.61. The van der Waals surface area contributed by atoms with Gasteiger partial charge in [0.1, 0.15) is 12.4 Å². The SMILES string of the molecule is CCC(=O)c1cc(C(=O)CCCCO)cc2c1OCC2(CC)c1ccccc1. The molecule has 1 heterocycles. The third-order valence-electron chi connectivity index (χ3n) is 5.75. The number of aliphatic hydroxyl groups excluding tert-OH is 1. The van der Waals surface area contributed by atoms with E-state index in [4.69, 9.17) is 9.84 Å². The van der Waals surface area contributed by atoms with Crippen molar-refractivity contribution < 1.29 is 19.4 Å². The van der Waals surface area contributed by atoms with Gasteiger partial charge in [-0.1, -0.05) is 44.2 Å². The predicted molar refractivity (Wildman–Crippen MR) is 109 cm³/mol. The van der Waals surface area contributed by atoms with Gasteiger partial charge in [-0.2, -0.15) is 0 Å². The fourth-order valence-electron chi connectivity index (χ4n) is 4.01. The molecule has 1 aliphatic heterocycles. The molecule has 0 spiro atoms. The van der Waals surface area contributed by atoms with Crippen LogP contribution in [-0.4, -0.2) is 29.9 Å². The molecule has 0 saturated carbocycles. The Kier molecular flexibility index (Phi) is 6.30. The van der Waals surface area contributed by atoms with Crippen molar-refractivity contribution in [3.63, 3.8) is 0 Å². The Bertz CT molecular complexity index is 856. The highest BCUT2D eigenvalue weighted by Gasteiger charge is 2.43. The molecule has 1 unspecified atom stereocenters. The van der Waals surface area contributed by atoms with Crippen molar-refractivity contribution in [2.75, 3.05) is 13.2 Å². The molecule has 0 aliphatic carbocycles. The summed E-state index contributed by atoms with van der Waals surface area (Å²) in [4.78, 5) is 25.4. The Morgan fingerprint density at radius 2 is 1.82 bits per heavy atom. The van der Waals surface area contributed by atoms with Crippen LogP contribution >= 0.6 is 0 Å². The lowest BCUT2D eigenvalue weighted by Gasteiger charge is -2.27. The van der Waals surface area contributed by atoms with Gasteiger partial charge in [-0.25, -0.2) is 0 Å². The molecular weight excluding hydrogens is 352 g/mol. The molecule has 4 nitrogen and oxygen atoms in total. The van der Waals surface area contributed by atoms with Crippen molar-refractivity contribution in [1.82, 2.24) is 0 Å². The molecule has 0 fully saturated rings. The maximum Gasteiger partial charge on any atom is 0.166 e. The lowest BCUT2D eigenvalue weighted by molar-refractivity contribution is 0.0977. The van der Waals surface area contributed by atoms with Crippen LogP contribution in [-0.2, 0) is 5.41 Å². The number of fused-ring (bicyclic) bond motifs is 1. The lowest BCUT2D eigenvalue weighted by atomic mass is 9.73. The second kappa shape index (κ2) is 8.70. The van der Waals surface area contributed by atoms with Crippen molar-refractivity contribution in [3.05, 3.63) is 64.7 Å². The largest absolute Gasteiger partial charge is 0.491 e. The smallest absolute Gasteiger partial charge is 0.166 e. The summed E-state index contributed by atoms with van der Waals surface area (Å²) in [5.74, 6) is 0.622. The van der Waals surface area contributed by atoms with Crippen LogP contribution in [0.15, 0.2) is 42.5 Å². The van der Waals surface area contributed by atoms with E-state index in [-0.39, 0.29) is 23.6 Å². The highest BCUT2D eigenvalue weighted by molar-refractivity contribution is 6.04. The molecule has 4 heteroatoms. The Balaban J connectivity index is 2.12. The summed E-state index contributed by atoms with van der Waals surface area (Å²) in [6.45, 7) is 4.49. The van der Waals surface area contributed by atoms with Gasteiger partial charge in [0.2, 0.25) is 0 Å². The minimum absolute atomic E-state index is 0.00590. The maximum atomic E-state index is 12.8. The number of carbonyl (C=O) groups excluding carboxylic acids is 2. The molecule has 0 radical (unpaired) electrons. The van der Waals surface area contributed by atoms with E-state index in [2.05, 4.69) is 19.1 Å². The highest BCUT2D eigenvalue weighted by Crippen LogP contribution is 2.48. The number of rotatable bonds is 9. The average Bonchev–Trinajstić information content (AvgIpc) is 3.13. The molecule has 0 aromatic heterocycles. The van der Waals surface area contributed by atoms with Crippen molar-refractivity contribution >= 4 is 11.6 Å². The zero-order valence-electron chi connectivity index (χ0n) is 16.7. The number of ether oxygens (including phenoxy) is 1. The monoisotopic (exact) mass is 380 g/mol. The Hall–Kier alpha value is -2.46. The number of ketones is 2. The fourth-order valence-corrected chi connectivity index (χ4v) is 4.01. The van der Waals surface area contributed by atoms with Crippen molar-refractivity contribution in [2.45, 2.75) is 51.4 Å². The number of Topliss-reactive ketones (excluding diaryl/α,β-unsaturated/α-hetero) is 2. The zero-order valence-corrected chi connectivity index (χ0v) is 16.7. The molecule has 28 heavy (non-hydrogen) atoms. The summed E-state index contributed by atoms with van der Waals surface area (Å²) >= 11 is 0. The summed E-state index contributed by atoms with van der Waals surface area (Å²) in [5, 5.41) is 8.98. The van der Waals surface area contributed by atoms with Gasteiger partial charge in [0.05, 0.1) is 11.0 Å². The van der Waals surface area contributed by atoms with E-state index in [0.717, 1.165) is 17.5 Å². The molecule has 148 valence electrons. The molecule has 1 N–H and O–H groups in total. The molecule has 2 aromatic carbocycles. The number of hydrogen-bond acceptors (Lipinski definition) is 4. The minimum Gasteiger partial charge on any atom is -0.491 e. The third-order valence-corrected chi connectivity index (χ3v) is 5.75. The van der Waals surface area contributed by atoms with Gasteiger partial charge in [0, 0.05) is 30.6 Å². The van der Waals surface area contributed by atoms with E-state index in [1.807, 2.05) is 31.2 Å². The van der Waals surface area contributed by atoms with Crippen LogP contribution in [0.1, 0.15) is 77.8 Å². The fraction of sp³-hybridized carbons (Fsp3) is 0.417. The number of unbranched alkanes of at least 4 members (excludes halogenated alkanes) is 1. The van der Waals surface area contributed by atoms with Gasteiger partial charge < -0.3 is 9.84 Å². The van der Waals surface area contributed by atoms with E-state index in [0.29, 0.717) is 49.2 Å². The van der Waals surface area contributed by atoms with Gasteiger partial charge >= 0.3 is 0 Å². The molecule has 2 aromatic rings. The Morgan fingerprint density at radius 1 is 1.07 bits per heavy atom. The van der Waals surface area contributed by atoms with Crippen molar-refractivity contribution in [2.24, 2.45) is 0 Å². The van der Waals surface area contributed by atoms with Crippen LogP contribution in [0.3, 0.4) is 0 Å². The second-order valence-electron chi connectivity index (χ2n) is 7.37. The quantitative estimate of drug-likeness (QED) is 0.505. The van der Waals surface area contributed by atoms with Crippen LogP contribution < -0.4 is 4.74 Å². The highest BCUT2D eigenvalue weighted by atomic mass is 16.5. The minimum atomic E-state index is -0.360. The predicted octanol–water partition coefficient (Wildman–Crippen LogP) is 4.71. The first-order chi connectivity index (χ1) is 13.6. The number of aliphatic hydroxyl groups is 1. The first-order valence-corrected chi connectivity index (χ1v) is 10.1. The number of hydrogen-bond donors (Lipinski definition) is 1. The van der Waals surface area contributed by atoms with E-state index in [1.165, 1.54) is 0 Å². The Morgan fingerprint density at radius 3 is 2.46 bits per heavy atom. The summed E-state index contributed by atoms with van der Waals surface area (Å²) in [6.07, 6.45) is 2.78. The molecule has 0 amide bonds. The summed E-state index contributed by atoms with van der Waals surface area (Å²) in [5.41, 5.74) is 2.78. The van der Waals surface area contributed by atoms with Crippen molar-refractivity contribution in [3.8, 4) is 5.75 Å². The van der Waals surface area contributed by atoms with E-state index >= 15 is 0 Å². The molecule has 1 atom stereocenters.